The highest BCUT2D eigenvalue weighted by molar-refractivity contribution is 5.88. The number of nitrogens with zero attached hydrogens (tertiary/aromatic N) is 3. The normalized spacial score (nSPS) is 17.1. The van der Waals surface area contributed by atoms with Crippen molar-refractivity contribution in [2.75, 3.05) is 42.2 Å². The van der Waals surface area contributed by atoms with Gasteiger partial charge in [0.15, 0.2) is 6.23 Å². The lowest BCUT2D eigenvalue weighted by atomic mass is 10.0. The van der Waals surface area contributed by atoms with Gasteiger partial charge < -0.3 is 30.5 Å². The van der Waals surface area contributed by atoms with Crippen molar-refractivity contribution in [1.29, 1.82) is 0 Å². The van der Waals surface area contributed by atoms with Gasteiger partial charge in [-0.15, -0.1) is 0 Å². The van der Waals surface area contributed by atoms with E-state index in [9.17, 15) is 27.9 Å². The molecule has 2 unspecified atom stereocenters. The molecule has 1 fully saturated rings. The van der Waals surface area contributed by atoms with Crippen LogP contribution in [0.5, 0.6) is 0 Å². The Morgan fingerprint density at radius 3 is 2.59 bits per heavy atom. The van der Waals surface area contributed by atoms with E-state index in [1.54, 1.807) is 0 Å². The van der Waals surface area contributed by atoms with Gasteiger partial charge in [0.05, 0.1) is 16.9 Å². The molecule has 3 heterocycles. The largest absolute Gasteiger partial charge is 0.417 e. The standard InChI is InChI=1S/C26H28F4N6O3/c1-14-13-36(7-6-35(14)3)22-10-20(27)17(16-4-5-23(31-11-16)33-15(2)37)8-21(22)34-25(39)18-12-32-24(38)9-19(18)26(28,29)30/h4-5,8-12,14,25,34,39H,6-7,13H2,1-3H3,(H,32,38)(H,31,33,37). The number of halogens is 4. The second kappa shape index (κ2) is 11.0. The molecule has 4 N–H and O–H groups in total. The maximum atomic E-state index is 15.5. The fourth-order valence-corrected chi connectivity index (χ4v) is 4.42. The summed E-state index contributed by atoms with van der Waals surface area (Å²) in [4.78, 5) is 33.1. The number of nitrogens with one attached hydrogen (secondary N) is 3. The fourth-order valence-electron chi connectivity index (χ4n) is 4.42. The van der Waals surface area contributed by atoms with Crippen molar-refractivity contribution in [2.24, 2.45) is 0 Å². The molecule has 1 aliphatic heterocycles. The Labute approximate surface area is 221 Å². The molecule has 208 valence electrons. The molecule has 0 spiro atoms. The van der Waals surface area contributed by atoms with Crippen molar-refractivity contribution in [3.8, 4) is 11.1 Å². The van der Waals surface area contributed by atoms with Gasteiger partial charge >= 0.3 is 6.18 Å². The highest BCUT2D eigenvalue weighted by Crippen LogP contribution is 2.38. The summed E-state index contributed by atoms with van der Waals surface area (Å²) in [6, 6.07) is 6.18. The lowest BCUT2D eigenvalue weighted by Gasteiger charge is -2.40. The predicted molar refractivity (Wildman–Crippen MR) is 139 cm³/mol. The van der Waals surface area contributed by atoms with E-state index in [1.807, 2.05) is 18.9 Å². The molecule has 13 heteroatoms. The molecule has 39 heavy (non-hydrogen) atoms. The van der Waals surface area contributed by atoms with Crippen LogP contribution in [-0.2, 0) is 11.0 Å². The number of likely N-dealkylation sites (N-methyl/N-ethyl adjacent to an activating group) is 1. The van der Waals surface area contributed by atoms with Crippen molar-refractivity contribution in [1.82, 2.24) is 14.9 Å². The van der Waals surface area contributed by atoms with Crippen LogP contribution in [0.4, 0.5) is 34.8 Å². The highest BCUT2D eigenvalue weighted by atomic mass is 19.4. The SMILES string of the molecule is CC(=O)Nc1ccc(-c2cc(NC(O)c3c[nH]c(=O)cc3C(F)(F)F)c(N3CCN(C)C(C)C3)cc2F)cn1. The van der Waals surface area contributed by atoms with Crippen LogP contribution in [0.3, 0.4) is 0 Å². The molecule has 9 nitrogen and oxygen atoms in total. The van der Waals surface area contributed by atoms with Crippen molar-refractivity contribution in [3.05, 3.63) is 70.0 Å². The summed E-state index contributed by atoms with van der Waals surface area (Å²) in [5.41, 5.74) is -1.89. The zero-order valence-electron chi connectivity index (χ0n) is 21.4. The Kier molecular flexibility index (Phi) is 7.93. The summed E-state index contributed by atoms with van der Waals surface area (Å²) in [6.45, 7) is 5.02. The maximum Gasteiger partial charge on any atom is 0.417 e. The van der Waals surface area contributed by atoms with Crippen molar-refractivity contribution in [2.45, 2.75) is 32.3 Å². The van der Waals surface area contributed by atoms with Gasteiger partial charge in [-0.05, 0) is 38.2 Å². The Morgan fingerprint density at radius 2 is 1.97 bits per heavy atom. The number of benzene rings is 1. The lowest BCUT2D eigenvalue weighted by molar-refractivity contribution is -0.139. The number of pyridine rings is 2. The minimum atomic E-state index is -4.89. The minimum Gasteiger partial charge on any atom is -0.369 e. The zero-order valence-corrected chi connectivity index (χ0v) is 21.4. The van der Waals surface area contributed by atoms with E-state index in [0.29, 0.717) is 37.0 Å². The molecule has 1 saturated heterocycles. The number of carbonyl (C=O) groups is 1. The average molecular weight is 549 g/mol. The molecule has 1 aliphatic rings. The third-order valence-corrected chi connectivity index (χ3v) is 6.61. The number of hydrogen-bond donors (Lipinski definition) is 4. The number of aliphatic hydroxyl groups is 1. The number of aromatic nitrogens is 2. The van der Waals surface area contributed by atoms with Crippen LogP contribution in [0.1, 0.15) is 31.2 Å². The molecule has 0 radical (unpaired) electrons. The molecule has 0 aliphatic carbocycles. The lowest BCUT2D eigenvalue weighted by Crippen LogP contribution is -2.50. The third kappa shape index (κ3) is 6.37. The summed E-state index contributed by atoms with van der Waals surface area (Å²) in [5.74, 6) is -0.667. The summed E-state index contributed by atoms with van der Waals surface area (Å²) in [7, 11) is 1.96. The summed E-state index contributed by atoms with van der Waals surface area (Å²) in [5, 5.41) is 16.1. The fraction of sp³-hybridized carbons (Fsp3) is 0.346. The van der Waals surface area contributed by atoms with Crippen LogP contribution in [0.2, 0.25) is 0 Å². The van der Waals surface area contributed by atoms with E-state index < -0.39 is 34.9 Å². The van der Waals surface area contributed by atoms with Crippen LogP contribution in [0.15, 0.2) is 47.5 Å². The average Bonchev–Trinajstić information content (AvgIpc) is 2.86. The number of hydrogen-bond acceptors (Lipinski definition) is 7. The molecule has 2 atom stereocenters. The van der Waals surface area contributed by atoms with Crippen LogP contribution >= 0.6 is 0 Å². The number of alkyl halides is 3. The number of carbonyl (C=O) groups excluding carboxylic acids is 1. The second-order valence-corrected chi connectivity index (χ2v) is 9.45. The van der Waals surface area contributed by atoms with Crippen molar-refractivity contribution < 1.29 is 27.5 Å². The first kappa shape index (κ1) is 28.0. The van der Waals surface area contributed by atoms with Gasteiger partial charge in [0.1, 0.15) is 11.6 Å². The van der Waals surface area contributed by atoms with Gasteiger partial charge in [0.25, 0.3) is 0 Å². The first-order valence-corrected chi connectivity index (χ1v) is 12.1. The van der Waals surface area contributed by atoms with Crippen LogP contribution < -0.4 is 21.1 Å². The molecular weight excluding hydrogens is 520 g/mol. The molecule has 3 aromatic rings. The summed E-state index contributed by atoms with van der Waals surface area (Å²) >= 11 is 0. The number of rotatable bonds is 6. The molecule has 0 bridgehead atoms. The Bertz CT molecular complexity index is 1410. The summed E-state index contributed by atoms with van der Waals surface area (Å²) in [6.07, 6.45) is -4.63. The first-order chi connectivity index (χ1) is 18.3. The number of piperazine rings is 1. The quantitative estimate of drug-likeness (QED) is 0.274. The van der Waals surface area contributed by atoms with E-state index >= 15 is 4.39 Å². The Hall–Kier alpha value is -3.97. The van der Waals surface area contributed by atoms with E-state index in [0.717, 1.165) is 6.20 Å². The van der Waals surface area contributed by atoms with Crippen LogP contribution in [0, 0.1) is 5.82 Å². The number of aliphatic hydroxyl groups excluding tert-OH is 1. The van der Waals surface area contributed by atoms with Gasteiger partial charge in [-0.25, -0.2) is 9.37 Å². The monoisotopic (exact) mass is 548 g/mol. The highest BCUT2D eigenvalue weighted by Gasteiger charge is 2.36. The summed E-state index contributed by atoms with van der Waals surface area (Å²) < 4.78 is 56.4. The van der Waals surface area contributed by atoms with Crippen LogP contribution in [0.25, 0.3) is 11.1 Å². The van der Waals surface area contributed by atoms with Crippen molar-refractivity contribution >= 4 is 23.1 Å². The second-order valence-electron chi connectivity index (χ2n) is 9.45. The third-order valence-electron chi connectivity index (χ3n) is 6.61. The minimum absolute atomic E-state index is 0.0787. The molecule has 4 rings (SSSR count). The Balaban J connectivity index is 1.77. The van der Waals surface area contributed by atoms with Gasteiger partial charge in [0.2, 0.25) is 11.5 Å². The maximum absolute atomic E-state index is 15.5. The molecule has 1 aromatic carbocycles. The smallest absolute Gasteiger partial charge is 0.369 e. The van der Waals surface area contributed by atoms with E-state index in [1.165, 1.54) is 37.4 Å². The first-order valence-electron chi connectivity index (χ1n) is 12.1. The van der Waals surface area contributed by atoms with E-state index in [4.69, 9.17) is 0 Å². The Morgan fingerprint density at radius 1 is 1.23 bits per heavy atom. The molecular formula is C26H28F4N6O3. The van der Waals surface area contributed by atoms with Crippen LogP contribution in [-0.4, -0.2) is 58.6 Å². The molecule has 0 saturated carbocycles. The number of H-pyrrole nitrogens is 1. The zero-order chi connectivity index (χ0) is 28.5. The number of amides is 1. The van der Waals surface area contributed by atoms with Gasteiger partial charge in [-0.1, -0.05) is 0 Å². The predicted octanol–water partition coefficient (Wildman–Crippen LogP) is 3.80. The van der Waals surface area contributed by atoms with E-state index in [2.05, 4.69) is 25.5 Å². The number of anilines is 3. The van der Waals surface area contributed by atoms with Gasteiger partial charge in [-0.3, -0.25) is 9.59 Å². The topological polar surface area (TPSA) is 114 Å². The van der Waals surface area contributed by atoms with Crippen molar-refractivity contribution in [3.63, 3.8) is 0 Å². The van der Waals surface area contributed by atoms with E-state index in [-0.39, 0.29) is 29.0 Å². The number of aromatic amines is 1. The van der Waals surface area contributed by atoms with Gasteiger partial charge in [0, 0.05) is 67.8 Å². The molecule has 1 amide bonds. The molecule has 2 aromatic heterocycles. The van der Waals surface area contributed by atoms with Gasteiger partial charge in [-0.2, -0.15) is 13.2 Å².